The summed E-state index contributed by atoms with van der Waals surface area (Å²) in [4.78, 5) is 0. The van der Waals surface area contributed by atoms with E-state index in [0.29, 0.717) is 0 Å². The molecule has 0 aromatic carbocycles. The molecule has 0 aliphatic heterocycles. The highest BCUT2D eigenvalue weighted by molar-refractivity contribution is 5.10. The molecule has 6 nitrogen and oxygen atoms in total. The van der Waals surface area contributed by atoms with E-state index in [1.807, 2.05) is 0 Å². The van der Waals surface area contributed by atoms with Gasteiger partial charge in [0.05, 0.1) is 12.8 Å². The smallest absolute Gasteiger partial charge is 0.116 e. The van der Waals surface area contributed by atoms with E-state index in [1.54, 1.807) is 19.5 Å². The largest absolute Gasteiger partial charge is 0.388 e. The van der Waals surface area contributed by atoms with Gasteiger partial charge in [-0.3, -0.25) is 5.10 Å². The van der Waals surface area contributed by atoms with Crippen LogP contribution in [0.2, 0.25) is 0 Å². The van der Waals surface area contributed by atoms with Gasteiger partial charge in [-0.25, -0.2) is 0 Å². The third-order valence-corrected chi connectivity index (χ3v) is 2.39. The third kappa shape index (κ3) is 3.02. The maximum atomic E-state index is 9.85. The third-order valence-electron chi connectivity index (χ3n) is 2.39. The minimum Gasteiger partial charge on any atom is -0.388 e. The summed E-state index contributed by atoms with van der Waals surface area (Å²) < 4.78 is 15.4. The maximum absolute atomic E-state index is 9.85. The first kappa shape index (κ1) is 13.1. The number of rotatable bonds is 7. The van der Waals surface area contributed by atoms with E-state index >= 15 is 0 Å². The molecule has 0 saturated heterocycles. The summed E-state index contributed by atoms with van der Waals surface area (Å²) in [5.74, 6) is 0. The predicted molar refractivity (Wildman–Crippen MR) is 57.0 cm³/mol. The maximum Gasteiger partial charge on any atom is 0.116 e. The van der Waals surface area contributed by atoms with Crippen molar-refractivity contribution in [3.8, 4) is 0 Å². The van der Waals surface area contributed by atoms with Crippen LogP contribution in [-0.2, 0) is 14.2 Å². The fourth-order valence-electron chi connectivity index (χ4n) is 1.62. The number of methoxy groups -OCH3 is 3. The van der Waals surface area contributed by atoms with Crippen molar-refractivity contribution >= 4 is 0 Å². The van der Waals surface area contributed by atoms with Gasteiger partial charge in [-0.2, -0.15) is 5.10 Å². The van der Waals surface area contributed by atoms with Crippen LogP contribution < -0.4 is 0 Å². The Balaban J connectivity index is 2.76. The molecule has 0 spiro atoms. The highest BCUT2D eigenvalue weighted by atomic mass is 16.5. The van der Waals surface area contributed by atoms with Gasteiger partial charge >= 0.3 is 0 Å². The molecule has 0 bridgehead atoms. The van der Waals surface area contributed by atoms with Crippen molar-refractivity contribution in [2.45, 2.75) is 18.3 Å². The van der Waals surface area contributed by atoms with E-state index in [0.717, 1.165) is 5.56 Å². The van der Waals surface area contributed by atoms with Crippen molar-refractivity contribution < 1.29 is 19.3 Å². The van der Waals surface area contributed by atoms with Gasteiger partial charge in [0.1, 0.15) is 18.3 Å². The van der Waals surface area contributed by atoms with Gasteiger partial charge in [-0.05, 0) is 0 Å². The molecule has 16 heavy (non-hydrogen) atoms. The summed E-state index contributed by atoms with van der Waals surface area (Å²) in [5, 5.41) is 16.4. The molecule has 0 aliphatic carbocycles. The van der Waals surface area contributed by atoms with Gasteiger partial charge in [-0.15, -0.1) is 0 Å². The number of H-pyrrole nitrogens is 1. The van der Waals surface area contributed by atoms with Crippen LogP contribution in [0, 0.1) is 0 Å². The summed E-state index contributed by atoms with van der Waals surface area (Å²) >= 11 is 0. The second kappa shape index (κ2) is 6.59. The summed E-state index contributed by atoms with van der Waals surface area (Å²) in [6, 6.07) is 0. The number of aromatic nitrogens is 2. The van der Waals surface area contributed by atoms with Gasteiger partial charge in [0, 0.05) is 33.1 Å². The minimum absolute atomic E-state index is 0.191. The Morgan fingerprint density at radius 1 is 1.38 bits per heavy atom. The molecule has 2 N–H and O–H groups in total. The van der Waals surface area contributed by atoms with E-state index in [9.17, 15) is 5.11 Å². The average molecular weight is 230 g/mol. The van der Waals surface area contributed by atoms with Gasteiger partial charge in [0.25, 0.3) is 0 Å². The van der Waals surface area contributed by atoms with Gasteiger partial charge in [-0.1, -0.05) is 0 Å². The molecule has 0 unspecified atom stereocenters. The van der Waals surface area contributed by atoms with Crippen LogP contribution in [0.4, 0.5) is 0 Å². The Morgan fingerprint density at radius 3 is 2.56 bits per heavy atom. The van der Waals surface area contributed by atoms with Crippen LogP contribution >= 0.6 is 0 Å². The number of hydrogen-bond acceptors (Lipinski definition) is 5. The van der Waals surface area contributed by atoms with Crippen molar-refractivity contribution in [2.24, 2.45) is 0 Å². The van der Waals surface area contributed by atoms with E-state index < -0.39 is 12.2 Å². The fraction of sp³-hybridized carbons (Fsp3) is 0.700. The summed E-state index contributed by atoms with van der Waals surface area (Å²) in [7, 11) is 4.61. The van der Waals surface area contributed by atoms with Gasteiger partial charge in [0.15, 0.2) is 0 Å². The van der Waals surface area contributed by atoms with Crippen molar-refractivity contribution in [3.63, 3.8) is 0 Å². The zero-order valence-corrected chi connectivity index (χ0v) is 9.71. The molecule has 1 aromatic heterocycles. The van der Waals surface area contributed by atoms with Crippen molar-refractivity contribution in [1.29, 1.82) is 0 Å². The Morgan fingerprint density at radius 2 is 2.12 bits per heavy atom. The van der Waals surface area contributed by atoms with E-state index in [1.165, 1.54) is 14.2 Å². The number of nitrogens with one attached hydrogen (secondary N) is 1. The molecular weight excluding hydrogens is 212 g/mol. The lowest BCUT2D eigenvalue weighted by Gasteiger charge is -2.27. The zero-order valence-electron chi connectivity index (χ0n) is 9.71. The quantitative estimate of drug-likeness (QED) is 0.695. The molecule has 0 aliphatic rings. The Bertz CT molecular complexity index is 278. The lowest BCUT2D eigenvalue weighted by molar-refractivity contribution is -0.113. The average Bonchev–Trinajstić information content (AvgIpc) is 2.79. The monoisotopic (exact) mass is 230 g/mol. The highest BCUT2D eigenvalue weighted by Gasteiger charge is 2.30. The van der Waals surface area contributed by atoms with Crippen LogP contribution in [0.15, 0.2) is 12.4 Å². The SMILES string of the molecule is COC[C@@H](O)[C@@H](OC)[C@H](OC)c1cn[nH]c1. The Kier molecular flexibility index (Phi) is 5.41. The van der Waals surface area contributed by atoms with Crippen LogP contribution in [0.1, 0.15) is 11.7 Å². The molecular formula is C10H18N2O4. The first-order chi connectivity index (χ1) is 7.74. The first-order valence-corrected chi connectivity index (χ1v) is 4.95. The second-order valence-corrected chi connectivity index (χ2v) is 3.41. The topological polar surface area (TPSA) is 76.6 Å². The van der Waals surface area contributed by atoms with Gasteiger partial charge < -0.3 is 19.3 Å². The second-order valence-electron chi connectivity index (χ2n) is 3.41. The Hall–Kier alpha value is -0.950. The number of ether oxygens (including phenoxy) is 3. The number of nitrogens with zero attached hydrogens (tertiary/aromatic N) is 1. The van der Waals surface area contributed by atoms with Gasteiger partial charge in [0.2, 0.25) is 0 Å². The molecule has 3 atom stereocenters. The molecule has 0 saturated carbocycles. The van der Waals surface area contributed by atoms with Crippen molar-refractivity contribution in [2.75, 3.05) is 27.9 Å². The molecule has 1 aromatic rings. The summed E-state index contributed by atoms with van der Waals surface area (Å²) in [6.45, 7) is 0.191. The number of aliphatic hydroxyl groups excluding tert-OH is 1. The van der Waals surface area contributed by atoms with E-state index in [4.69, 9.17) is 14.2 Å². The normalized spacial score (nSPS) is 17.0. The zero-order chi connectivity index (χ0) is 12.0. The predicted octanol–water partition coefficient (Wildman–Crippen LogP) is 0.119. The number of hydrogen-bond donors (Lipinski definition) is 2. The molecule has 1 rings (SSSR count). The minimum atomic E-state index is -0.755. The standard InChI is InChI=1S/C10H18N2O4/c1-14-6-8(13)10(16-3)9(15-2)7-4-11-12-5-7/h4-5,8-10,13H,6H2,1-3H3,(H,11,12)/t8-,9-,10-/m1/s1. The van der Waals surface area contributed by atoms with Crippen LogP contribution in [0.5, 0.6) is 0 Å². The molecule has 6 heteroatoms. The van der Waals surface area contributed by atoms with Crippen molar-refractivity contribution in [3.05, 3.63) is 18.0 Å². The molecule has 1 heterocycles. The lowest BCUT2D eigenvalue weighted by atomic mass is 10.0. The first-order valence-electron chi connectivity index (χ1n) is 4.95. The van der Waals surface area contributed by atoms with Crippen LogP contribution in [0.25, 0.3) is 0 Å². The molecule has 0 fully saturated rings. The van der Waals surface area contributed by atoms with Crippen molar-refractivity contribution in [1.82, 2.24) is 10.2 Å². The summed E-state index contributed by atoms with van der Waals surface area (Å²) in [6.07, 6.45) is 1.71. The molecule has 0 radical (unpaired) electrons. The van der Waals surface area contributed by atoms with Crippen LogP contribution in [0.3, 0.4) is 0 Å². The molecule has 92 valence electrons. The van der Waals surface area contributed by atoms with Crippen LogP contribution in [-0.4, -0.2) is 55.4 Å². The lowest BCUT2D eigenvalue weighted by Crippen LogP contribution is -2.37. The highest BCUT2D eigenvalue weighted by Crippen LogP contribution is 2.23. The number of aromatic amines is 1. The molecule has 0 amide bonds. The Labute approximate surface area is 94.5 Å². The fourth-order valence-corrected chi connectivity index (χ4v) is 1.62. The van der Waals surface area contributed by atoms with E-state index in [-0.39, 0.29) is 12.7 Å². The summed E-state index contributed by atoms with van der Waals surface area (Å²) in [5.41, 5.74) is 0.824. The number of aliphatic hydroxyl groups is 1. The van der Waals surface area contributed by atoms with E-state index in [2.05, 4.69) is 10.2 Å².